The van der Waals surface area contributed by atoms with Crippen molar-refractivity contribution >= 4 is 5.91 Å². The van der Waals surface area contributed by atoms with Gasteiger partial charge in [0.15, 0.2) is 0 Å². The van der Waals surface area contributed by atoms with Crippen molar-refractivity contribution in [2.45, 2.75) is 24.9 Å². The standard InChI is InChI=1S/C23H19F2NO2/c24-18-6-8-20(21(25)12-18)15-3-1-14(2-4-15)19-7-5-17(11-16(19)13-27)23(9-10-23)22(26)28/h1-8,11-12,27H,9-10,13H2,(H2,26,28). The molecular weight excluding hydrogens is 360 g/mol. The van der Waals surface area contributed by atoms with Crippen LogP contribution < -0.4 is 5.73 Å². The largest absolute Gasteiger partial charge is 0.392 e. The van der Waals surface area contributed by atoms with Crippen LogP contribution in [0.5, 0.6) is 0 Å². The number of nitrogens with two attached hydrogens (primary N) is 1. The van der Waals surface area contributed by atoms with E-state index in [4.69, 9.17) is 5.73 Å². The highest BCUT2D eigenvalue weighted by Crippen LogP contribution is 2.48. The smallest absolute Gasteiger partial charge is 0.228 e. The van der Waals surface area contributed by atoms with Gasteiger partial charge >= 0.3 is 0 Å². The minimum absolute atomic E-state index is 0.174. The summed E-state index contributed by atoms with van der Waals surface area (Å²) in [5, 5.41) is 9.82. The van der Waals surface area contributed by atoms with Crippen molar-refractivity contribution < 1.29 is 18.7 Å². The Morgan fingerprint density at radius 2 is 1.54 bits per heavy atom. The van der Waals surface area contributed by atoms with Crippen molar-refractivity contribution in [3.63, 3.8) is 0 Å². The highest BCUT2D eigenvalue weighted by Gasteiger charge is 2.50. The number of hydrogen-bond acceptors (Lipinski definition) is 2. The first-order valence-corrected chi connectivity index (χ1v) is 9.05. The Morgan fingerprint density at radius 3 is 2.07 bits per heavy atom. The minimum Gasteiger partial charge on any atom is -0.392 e. The molecule has 1 aliphatic rings. The van der Waals surface area contributed by atoms with Crippen LogP contribution >= 0.6 is 0 Å². The molecule has 1 aliphatic carbocycles. The van der Waals surface area contributed by atoms with E-state index in [0.29, 0.717) is 16.7 Å². The van der Waals surface area contributed by atoms with Crippen LogP contribution in [0.25, 0.3) is 22.3 Å². The lowest BCUT2D eigenvalue weighted by Gasteiger charge is -2.16. The Bertz CT molecular complexity index is 1060. The van der Waals surface area contributed by atoms with Gasteiger partial charge in [-0.1, -0.05) is 42.5 Å². The summed E-state index contributed by atoms with van der Waals surface area (Å²) >= 11 is 0. The summed E-state index contributed by atoms with van der Waals surface area (Å²) in [5.41, 5.74) is 9.11. The maximum atomic E-state index is 14.0. The summed E-state index contributed by atoms with van der Waals surface area (Å²) in [6, 6.07) is 16.2. The number of amides is 1. The highest BCUT2D eigenvalue weighted by molar-refractivity contribution is 5.90. The molecule has 0 saturated heterocycles. The number of carbonyl (C=O) groups excluding carboxylic acids is 1. The van der Waals surface area contributed by atoms with Crippen molar-refractivity contribution in [2.24, 2.45) is 5.73 Å². The van der Waals surface area contributed by atoms with Crippen molar-refractivity contribution in [1.29, 1.82) is 0 Å². The van der Waals surface area contributed by atoms with Crippen LogP contribution in [0.4, 0.5) is 8.78 Å². The number of aliphatic hydroxyl groups is 1. The number of carbonyl (C=O) groups is 1. The van der Waals surface area contributed by atoms with E-state index < -0.39 is 17.0 Å². The summed E-state index contributed by atoms with van der Waals surface area (Å²) < 4.78 is 27.1. The second-order valence-corrected chi connectivity index (χ2v) is 7.18. The predicted molar refractivity (Wildman–Crippen MR) is 103 cm³/mol. The summed E-state index contributed by atoms with van der Waals surface area (Å²) in [6.45, 7) is -0.174. The van der Waals surface area contributed by atoms with E-state index in [1.165, 1.54) is 12.1 Å². The molecule has 0 spiro atoms. The average Bonchev–Trinajstić information content (AvgIpc) is 3.50. The van der Waals surface area contributed by atoms with Gasteiger partial charge in [-0.3, -0.25) is 4.79 Å². The summed E-state index contributed by atoms with van der Waals surface area (Å²) in [6.07, 6.45) is 1.45. The normalized spacial score (nSPS) is 14.7. The maximum Gasteiger partial charge on any atom is 0.228 e. The number of primary amides is 1. The Balaban J connectivity index is 1.68. The third-order valence-corrected chi connectivity index (χ3v) is 5.49. The molecule has 0 aliphatic heterocycles. The van der Waals surface area contributed by atoms with Crippen LogP contribution in [0.1, 0.15) is 24.0 Å². The van der Waals surface area contributed by atoms with Crippen LogP contribution in [-0.4, -0.2) is 11.0 Å². The van der Waals surface area contributed by atoms with Gasteiger partial charge < -0.3 is 10.8 Å². The molecule has 3 N–H and O–H groups in total. The Morgan fingerprint density at radius 1 is 0.929 bits per heavy atom. The second-order valence-electron chi connectivity index (χ2n) is 7.18. The number of aliphatic hydroxyl groups excluding tert-OH is 1. The van der Waals surface area contributed by atoms with E-state index in [9.17, 15) is 18.7 Å². The maximum absolute atomic E-state index is 14.0. The molecule has 3 aromatic rings. The van der Waals surface area contributed by atoms with E-state index in [0.717, 1.165) is 35.6 Å². The molecular formula is C23H19F2NO2. The molecule has 0 aromatic heterocycles. The lowest BCUT2D eigenvalue weighted by Crippen LogP contribution is -2.28. The molecule has 5 heteroatoms. The zero-order valence-corrected chi connectivity index (χ0v) is 15.1. The van der Waals surface area contributed by atoms with E-state index >= 15 is 0 Å². The fraction of sp³-hybridized carbons (Fsp3) is 0.174. The second kappa shape index (κ2) is 6.84. The van der Waals surface area contributed by atoms with Crippen molar-refractivity contribution in [3.05, 3.63) is 83.4 Å². The van der Waals surface area contributed by atoms with Gasteiger partial charge in [-0.2, -0.15) is 0 Å². The van der Waals surface area contributed by atoms with E-state index in [2.05, 4.69) is 0 Å². The van der Waals surface area contributed by atoms with Gasteiger partial charge in [-0.25, -0.2) is 8.78 Å². The van der Waals surface area contributed by atoms with Crippen LogP contribution in [0.3, 0.4) is 0 Å². The molecule has 0 bridgehead atoms. The fourth-order valence-electron chi connectivity index (χ4n) is 3.66. The summed E-state index contributed by atoms with van der Waals surface area (Å²) in [5.74, 6) is -1.57. The fourth-order valence-corrected chi connectivity index (χ4v) is 3.66. The van der Waals surface area contributed by atoms with Gasteiger partial charge in [0, 0.05) is 11.6 Å². The third-order valence-electron chi connectivity index (χ3n) is 5.49. The predicted octanol–water partition coefficient (Wildman–Crippen LogP) is 4.31. The Labute approximate surface area is 161 Å². The Kier molecular flexibility index (Phi) is 4.47. The van der Waals surface area contributed by atoms with Crippen LogP contribution in [0.2, 0.25) is 0 Å². The lowest BCUT2D eigenvalue weighted by molar-refractivity contribution is -0.120. The minimum atomic E-state index is -0.616. The van der Waals surface area contributed by atoms with Crippen LogP contribution in [0.15, 0.2) is 60.7 Å². The molecule has 1 saturated carbocycles. The van der Waals surface area contributed by atoms with Crippen molar-refractivity contribution in [3.8, 4) is 22.3 Å². The van der Waals surface area contributed by atoms with Gasteiger partial charge in [0.1, 0.15) is 11.6 Å². The topological polar surface area (TPSA) is 63.3 Å². The van der Waals surface area contributed by atoms with Crippen molar-refractivity contribution in [2.75, 3.05) is 0 Å². The first kappa shape index (κ1) is 18.3. The first-order valence-electron chi connectivity index (χ1n) is 9.05. The van der Waals surface area contributed by atoms with Gasteiger partial charge in [-0.05, 0) is 52.8 Å². The SMILES string of the molecule is NC(=O)C1(c2ccc(-c3ccc(-c4ccc(F)cc4F)cc3)c(CO)c2)CC1. The van der Waals surface area contributed by atoms with E-state index in [1.807, 2.05) is 30.3 Å². The zero-order chi connectivity index (χ0) is 19.9. The molecule has 3 nitrogen and oxygen atoms in total. The van der Waals surface area contributed by atoms with Gasteiger partial charge in [0.2, 0.25) is 5.91 Å². The Hall–Kier alpha value is -3.05. The first-order chi connectivity index (χ1) is 13.4. The monoisotopic (exact) mass is 379 g/mol. The molecule has 0 unspecified atom stereocenters. The van der Waals surface area contributed by atoms with Gasteiger partial charge in [0.05, 0.1) is 12.0 Å². The molecule has 0 radical (unpaired) electrons. The lowest BCUT2D eigenvalue weighted by atomic mass is 9.89. The molecule has 142 valence electrons. The molecule has 3 aromatic carbocycles. The zero-order valence-electron chi connectivity index (χ0n) is 15.1. The molecule has 28 heavy (non-hydrogen) atoms. The molecule has 1 fully saturated rings. The molecule has 0 heterocycles. The molecule has 0 atom stereocenters. The van der Waals surface area contributed by atoms with E-state index in [1.54, 1.807) is 12.1 Å². The molecule has 4 rings (SSSR count). The summed E-state index contributed by atoms with van der Waals surface area (Å²) in [7, 11) is 0. The molecule has 1 amide bonds. The number of benzene rings is 3. The van der Waals surface area contributed by atoms with Gasteiger partial charge in [0.25, 0.3) is 0 Å². The van der Waals surface area contributed by atoms with Gasteiger partial charge in [-0.15, -0.1) is 0 Å². The quantitative estimate of drug-likeness (QED) is 0.694. The van der Waals surface area contributed by atoms with Crippen LogP contribution in [-0.2, 0) is 16.8 Å². The van der Waals surface area contributed by atoms with Crippen molar-refractivity contribution in [1.82, 2.24) is 0 Å². The average molecular weight is 379 g/mol. The highest BCUT2D eigenvalue weighted by atomic mass is 19.1. The number of rotatable bonds is 5. The number of halogens is 2. The van der Waals surface area contributed by atoms with Crippen LogP contribution in [0, 0.1) is 11.6 Å². The number of hydrogen-bond donors (Lipinski definition) is 2. The summed E-state index contributed by atoms with van der Waals surface area (Å²) in [4.78, 5) is 11.8. The third kappa shape index (κ3) is 3.08. The van der Waals surface area contributed by atoms with E-state index in [-0.39, 0.29) is 12.5 Å².